The van der Waals surface area contributed by atoms with Crippen LogP contribution in [-0.4, -0.2) is 68.0 Å². The van der Waals surface area contributed by atoms with Crippen LogP contribution in [0, 0.1) is 5.82 Å². The second-order valence-electron chi connectivity index (χ2n) is 7.29. The van der Waals surface area contributed by atoms with Gasteiger partial charge in [0, 0.05) is 25.3 Å². The van der Waals surface area contributed by atoms with E-state index >= 15 is 0 Å². The molecule has 1 amide bonds. The van der Waals surface area contributed by atoms with Gasteiger partial charge in [-0.1, -0.05) is 19.4 Å². The van der Waals surface area contributed by atoms with Gasteiger partial charge in [-0.15, -0.1) is 0 Å². The summed E-state index contributed by atoms with van der Waals surface area (Å²) in [6, 6.07) is 5.99. The number of likely N-dealkylation sites (N-methyl/N-ethyl adjacent to an activating group) is 1. The van der Waals surface area contributed by atoms with Crippen LogP contribution in [0.15, 0.2) is 24.3 Å². The Morgan fingerprint density at radius 3 is 2.73 bits per heavy atom. The predicted molar refractivity (Wildman–Crippen MR) is 99.0 cm³/mol. The maximum absolute atomic E-state index is 13.6. The molecule has 2 heterocycles. The normalized spacial score (nSPS) is 25.3. The maximum Gasteiger partial charge on any atom is 0.241 e. The Kier molecular flexibility index (Phi) is 5.37. The van der Waals surface area contributed by atoms with Crippen molar-refractivity contribution in [1.29, 1.82) is 0 Å². The molecule has 26 heavy (non-hydrogen) atoms. The van der Waals surface area contributed by atoms with E-state index in [9.17, 15) is 17.6 Å². The molecule has 0 aromatic heterocycles. The molecule has 8 heteroatoms. The van der Waals surface area contributed by atoms with Crippen LogP contribution < -0.4 is 4.90 Å². The largest absolute Gasteiger partial charge is 0.309 e. The zero-order chi connectivity index (χ0) is 18.9. The van der Waals surface area contributed by atoms with Crippen molar-refractivity contribution in [2.75, 3.05) is 43.9 Å². The highest BCUT2D eigenvalue weighted by atomic mass is 32.2. The number of benzene rings is 1. The lowest BCUT2D eigenvalue weighted by Gasteiger charge is -2.46. The number of sulfonamides is 1. The summed E-state index contributed by atoms with van der Waals surface area (Å²) in [5.74, 6) is -0.329. The van der Waals surface area contributed by atoms with E-state index in [0.717, 1.165) is 6.42 Å². The number of amides is 1. The summed E-state index contributed by atoms with van der Waals surface area (Å²) < 4.78 is 40.3. The summed E-state index contributed by atoms with van der Waals surface area (Å²) in [5, 5.41) is 0. The third-order valence-electron chi connectivity index (χ3n) is 5.50. The Morgan fingerprint density at radius 1 is 1.27 bits per heavy atom. The molecule has 0 N–H and O–H groups in total. The topological polar surface area (TPSA) is 60.9 Å². The summed E-state index contributed by atoms with van der Waals surface area (Å²) in [7, 11) is -1.42. The minimum atomic E-state index is -3.28. The molecule has 1 atom stereocenters. The van der Waals surface area contributed by atoms with Gasteiger partial charge < -0.3 is 4.90 Å². The van der Waals surface area contributed by atoms with Crippen LogP contribution in [-0.2, 0) is 14.8 Å². The van der Waals surface area contributed by atoms with Gasteiger partial charge in [0.1, 0.15) is 5.82 Å². The Labute approximate surface area is 154 Å². The number of hydrogen-bond acceptors (Lipinski definition) is 4. The molecular formula is C18H26FN3O3S. The van der Waals surface area contributed by atoms with Gasteiger partial charge in [0.05, 0.1) is 17.8 Å². The molecule has 0 unspecified atom stereocenters. The lowest BCUT2D eigenvalue weighted by atomic mass is 9.92. The molecule has 0 aliphatic carbocycles. The van der Waals surface area contributed by atoms with Crippen LogP contribution in [0.5, 0.6) is 0 Å². The first kappa shape index (κ1) is 19.3. The average Bonchev–Trinajstić information content (AvgIpc) is 3.03. The highest BCUT2D eigenvalue weighted by Crippen LogP contribution is 2.34. The van der Waals surface area contributed by atoms with Crippen LogP contribution in [0.3, 0.4) is 0 Å². The zero-order valence-corrected chi connectivity index (χ0v) is 16.1. The molecule has 3 rings (SSSR count). The van der Waals surface area contributed by atoms with Gasteiger partial charge in [-0.05, 0) is 38.1 Å². The average molecular weight is 383 g/mol. The van der Waals surface area contributed by atoms with Crippen molar-refractivity contribution in [1.82, 2.24) is 9.21 Å². The Hall–Kier alpha value is -1.51. The smallest absolute Gasteiger partial charge is 0.241 e. The number of carbonyl (C=O) groups is 1. The van der Waals surface area contributed by atoms with Crippen molar-refractivity contribution in [2.24, 2.45) is 0 Å². The lowest BCUT2D eigenvalue weighted by molar-refractivity contribution is -0.123. The van der Waals surface area contributed by atoms with E-state index in [1.54, 1.807) is 21.3 Å². The molecule has 6 nitrogen and oxygen atoms in total. The standard InChI is InChI=1S/C18H26FN3O3S/c1-3-4-10-26(24,25)21-9-8-18(13-21)14-22(17(23)12-20(18)2)16-7-5-6-15(19)11-16/h5-7,11H,3-4,8-10,12-14H2,1-2H3/t18-/m1/s1. The van der Waals surface area contributed by atoms with E-state index < -0.39 is 21.4 Å². The first-order valence-corrected chi connectivity index (χ1v) is 10.6. The summed E-state index contributed by atoms with van der Waals surface area (Å²) in [5.41, 5.74) is 0.0919. The summed E-state index contributed by atoms with van der Waals surface area (Å²) in [6.07, 6.45) is 2.14. The number of piperazine rings is 1. The van der Waals surface area contributed by atoms with Crippen molar-refractivity contribution >= 4 is 21.6 Å². The molecule has 2 aliphatic rings. The summed E-state index contributed by atoms with van der Waals surface area (Å²) >= 11 is 0. The van der Waals surface area contributed by atoms with Gasteiger partial charge in [-0.2, -0.15) is 4.31 Å². The second kappa shape index (κ2) is 7.25. The highest BCUT2D eigenvalue weighted by Gasteiger charge is 2.49. The van der Waals surface area contributed by atoms with Crippen LogP contribution in [0.2, 0.25) is 0 Å². The van der Waals surface area contributed by atoms with E-state index in [-0.39, 0.29) is 18.2 Å². The van der Waals surface area contributed by atoms with E-state index in [4.69, 9.17) is 0 Å². The van der Waals surface area contributed by atoms with Crippen molar-refractivity contribution in [3.63, 3.8) is 0 Å². The first-order valence-electron chi connectivity index (χ1n) is 9.02. The molecule has 0 radical (unpaired) electrons. The number of unbranched alkanes of at least 4 members (excludes halogenated alkanes) is 1. The molecule has 1 aromatic rings. The monoisotopic (exact) mass is 383 g/mol. The zero-order valence-electron chi connectivity index (χ0n) is 15.3. The van der Waals surface area contributed by atoms with Crippen LogP contribution in [0.4, 0.5) is 10.1 Å². The number of anilines is 1. The van der Waals surface area contributed by atoms with E-state index in [1.165, 1.54) is 12.1 Å². The van der Waals surface area contributed by atoms with Gasteiger partial charge in [-0.3, -0.25) is 9.69 Å². The van der Waals surface area contributed by atoms with Crippen LogP contribution in [0.25, 0.3) is 0 Å². The van der Waals surface area contributed by atoms with Crippen molar-refractivity contribution in [3.05, 3.63) is 30.1 Å². The number of nitrogens with zero attached hydrogens (tertiary/aromatic N) is 3. The van der Waals surface area contributed by atoms with Crippen LogP contribution >= 0.6 is 0 Å². The quantitative estimate of drug-likeness (QED) is 0.776. The van der Waals surface area contributed by atoms with Crippen molar-refractivity contribution in [3.8, 4) is 0 Å². The molecule has 1 spiro atoms. The fourth-order valence-electron chi connectivity index (χ4n) is 3.79. The number of hydrogen-bond donors (Lipinski definition) is 0. The molecule has 1 aromatic carbocycles. The fourth-order valence-corrected chi connectivity index (χ4v) is 5.51. The SMILES string of the molecule is CCCCS(=O)(=O)N1CC[C@]2(CN(c3cccc(F)c3)C(=O)CN2C)C1. The van der Waals surface area contributed by atoms with Gasteiger partial charge >= 0.3 is 0 Å². The van der Waals surface area contributed by atoms with Gasteiger partial charge in [0.25, 0.3) is 0 Å². The van der Waals surface area contributed by atoms with E-state index in [2.05, 4.69) is 0 Å². The minimum absolute atomic E-state index is 0.101. The molecule has 2 saturated heterocycles. The molecule has 2 aliphatic heterocycles. The maximum atomic E-state index is 13.6. The Morgan fingerprint density at radius 2 is 2.04 bits per heavy atom. The van der Waals surface area contributed by atoms with Gasteiger partial charge in [0.2, 0.25) is 15.9 Å². The van der Waals surface area contributed by atoms with Crippen molar-refractivity contribution in [2.45, 2.75) is 31.7 Å². The molecular weight excluding hydrogens is 357 g/mol. The first-order chi connectivity index (χ1) is 12.3. The fraction of sp³-hybridized carbons (Fsp3) is 0.611. The summed E-state index contributed by atoms with van der Waals surface area (Å²) in [6.45, 7) is 3.36. The minimum Gasteiger partial charge on any atom is -0.309 e. The van der Waals surface area contributed by atoms with Crippen LogP contribution in [0.1, 0.15) is 26.2 Å². The van der Waals surface area contributed by atoms with E-state index in [0.29, 0.717) is 38.2 Å². The molecule has 2 fully saturated rings. The van der Waals surface area contributed by atoms with E-state index in [1.807, 2.05) is 18.9 Å². The van der Waals surface area contributed by atoms with Crippen molar-refractivity contribution < 1.29 is 17.6 Å². The van der Waals surface area contributed by atoms with Gasteiger partial charge in [0.15, 0.2) is 0 Å². The Bertz CT molecular complexity index is 786. The third-order valence-corrected chi connectivity index (χ3v) is 7.41. The Balaban J connectivity index is 1.82. The molecule has 0 saturated carbocycles. The predicted octanol–water partition coefficient (Wildman–Crippen LogP) is 1.68. The highest BCUT2D eigenvalue weighted by molar-refractivity contribution is 7.89. The molecule has 144 valence electrons. The third kappa shape index (κ3) is 3.63. The number of carbonyl (C=O) groups excluding carboxylic acids is 1. The number of halogens is 1. The number of rotatable bonds is 5. The lowest BCUT2D eigenvalue weighted by Crippen LogP contribution is -2.64. The second-order valence-corrected chi connectivity index (χ2v) is 9.38. The van der Waals surface area contributed by atoms with Gasteiger partial charge in [-0.25, -0.2) is 12.8 Å². The molecule has 0 bridgehead atoms. The summed E-state index contributed by atoms with van der Waals surface area (Å²) in [4.78, 5) is 16.1.